The first kappa shape index (κ1) is 17.2. The molecule has 0 unspecified atom stereocenters. The molecule has 3 aromatic rings. The van der Waals surface area contributed by atoms with Gasteiger partial charge in [0.05, 0.1) is 24.2 Å². The van der Waals surface area contributed by atoms with Crippen LogP contribution in [0.25, 0.3) is 16.7 Å². The van der Waals surface area contributed by atoms with E-state index in [1.54, 1.807) is 19.1 Å². The standard InChI is InChI=1S/C16H17N5O3S/c1-10(8-22)18-13(23)9-25-16-19-14-12(7-17-20-14)15(24)21(16)11-5-3-2-4-6-11/h2-7,10,22H,8-9H2,1H3,(H,17,20)(H,18,23)/t10-/m1/s1. The molecule has 1 aromatic carbocycles. The van der Waals surface area contributed by atoms with Crippen LogP contribution in [0.1, 0.15) is 6.92 Å². The quantitative estimate of drug-likeness (QED) is 0.441. The summed E-state index contributed by atoms with van der Waals surface area (Å²) in [5, 5.41) is 19.0. The summed E-state index contributed by atoms with van der Waals surface area (Å²) in [4.78, 5) is 29.2. The lowest BCUT2D eigenvalue weighted by Gasteiger charge is -2.13. The van der Waals surface area contributed by atoms with Gasteiger partial charge in [0.2, 0.25) is 5.91 Å². The molecule has 1 atom stereocenters. The van der Waals surface area contributed by atoms with Crippen LogP contribution >= 0.6 is 11.8 Å². The summed E-state index contributed by atoms with van der Waals surface area (Å²) in [5.41, 5.74) is 0.787. The molecule has 1 amide bonds. The first-order chi connectivity index (χ1) is 12.1. The topological polar surface area (TPSA) is 113 Å². The van der Waals surface area contributed by atoms with Gasteiger partial charge in [-0.1, -0.05) is 30.0 Å². The zero-order chi connectivity index (χ0) is 17.8. The van der Waals surface area contributed by atoms with Crippen molar-refractivity contribution in [1.29, 1.82) is 0 Å². The Morgan fingerprint density at radius 1 is 1.40 bits per heavy atom. The third-order valence-corrected chi connectivity index (χ3v) is 4.42. The number of nitrogens with zero attached hydrogens (tertiary/aromatic N) is 3. The van der Waals surface area contributed by atoms with E-state index in [1.165, 1.54) is 10.8 Å². The van der Waals surface area contributed by atoms with Crippen molar-refractivity contribution < 1.29 is 9.90 Å². The number of aromatic amines is 1. The number of H-pyrrole nitrogens is 1. The highest BCUT2D eigenvalue weighted by molar-refractivity contribution is 7.99. The number of hydrogen-bond donors (Lipinski definition) is 3. The van der Waals surface area contributed by atoms with E-state index in [4.69, 9.17) is 5.11 Å². The summed E-state index contributed by atoms with van der Waals surface area (Å²) in [6.45, 7) is 1.57. The maximum Gasteiger partial charge on any atom is 0.269 e. The maximum atomic E-state index is 12.8. The summed E-state index contributed by atoms with van der Waals surface area (Å²) in [6.07, 6.45) is 1.44. The van der Waals surface area contributed by atoms with E-state index in [2.05, 4.69) is 20.5 Å². The van der Waals surface area contributed by atoms with Crippen molar-refractivity contribution in [2.75, 3.05) is 12.4 Å². The van der Waals surface area contributed by atoms with E-state index in [0.717, 1.165) is 11.8 Å². The average Bonchev–Trinajstić information content (AvgIpc) is 3.09. The van der Waals surface area contributed by atoms with Crippen LogP contribution in [-0.2, 0) is 4.79 Å². The van der Waals surface area contributed by atoms with Crippen LogP contribution in [0, 0.1) is 0 Å². The molecule has 3 rings (SSSR count). The van der Waals surface area contributed by atoms with Gasteiger partial charge in [0.25, 0.3) is 5.56 Å². The van der Waals surface area contributed by atoms with Crippen LogP contribution in [0.2, 0.25) is 0 Å². The van der Waals surface area contributed by atoms with Crippen molar-refractivity contribution in [2.24, 2.45) is 0 Å². The third kappa shape index (κ3) is 3.72. The van der Waals surface area contributed by atoms with Gasteiger partial charge in [-0.05, 0) is 19.1 Å². The highest BCUT2D eigenvalue weighted by Gasteiger charge is 2.16. The lowest BCUT2D eigenvalue weighted by Crippen LogP contribution is -2.36. The SMILES string of the molecule is C[C@H](CO)NC(=O)CSc1nc2[nH]ncc2c(=O)n1-c1ccccc1. The second-order valence-corrected chi connectivity index (χ2v) is 6.39. The van der Waals surface area contributed by atoms with Crippen molar-refractivity contribution >= 4 is 28.7 Å². The predicted octanol–water partition coefficient (Wildman–Crippen LogP) is 0.698. The Morgan fingerprint density at radius 3 is 2.88 bits per heavy atom. The van der Waals surface area contributed by atoms with Crippen molar-refractivity contribution in [3.8, 4) is 5.69 Å². The largest absolute Gasteiger partial charge is 0.394 e. The number of thioether (sulfide) groups is 1. The second-order valence-electron chi connectivity index (χ2n) is 5.44. The molecule has 0 saturated carbocycles. The first-order valence-electron chi connectivity index (χ1n) is 7.64. The summed E-state index contributed by atoms with van der Waals surface area (Å²) >= 11 is 1.15. The van der Waals surface area contributed by atoms with Gasteiger partial charge >= 0.3 is 0 Å². The minimum atomic E-state index is -0.326. The molecule has 0 bridgehead atoms. The summed E-state index contributed by atoms with van der Waals surface area (Å²) in [6, 6.07) is 8.78. The highest BCUT2D eigenvalue weighted by atomic mass is 32.2. The number of aliphatic hydroxyl groups is 1. The van der Waals surface area contributed by atoms with E-state index >= 15 is 0 Å². The minimum absolute atomic E-state index is 0.0727. The molecule has 9 heteroatoms. The Morgan fingerprint density at radius 2 is 2.16 bits per heavy atom. The van der Waals surface area contributed by atoms with Crippen molar-refractivity contribution in [3.63, 3.8) is 0 Å². The molecule has 0 aliphatic carbocycles. The van der Waals surface area contributed by atoms with Gasteiger partial charge in [0.1, 0.15) is 5.39 Å². The number of benzene rings is 1. The fourth-order valence-electron chi connectivity index (χ4n) is 2.27. The van der Waals surface area contributed by atoms with E-state index in [0.29, 0.717) is 21.9 Å². The predicted molar refractivity (Wildman–Crippen MR) is 94.9 cm³/mol. The van der Waals surface area contributed by atoms with Crippen LogP contribution < -0.4 is 10.9 Å². The lowest BCUT2D eigenvalue weighted by molar-refractivity contribution is -0.119. The van der Waals surface area contributed by atoms with Crippen LogP contribution in [0.15, 0.2) is 46.5 Å². The number of amides is 1. The molecule has 2 heterocycles. The van der Waals surface area contributed by atoms with Gasteiger partial charge in [0.15, 0.2) is 10.8 Å². The molecule has 25 heavy (non-hydrogen) atoms. The Bertz CT molecular complexity index is 938. The Kier molecular flexibility index (Phi) is 5.15. The van der Waals surface area contributed by atoms with Gasteiger partial charge in [-0.2, -0.15) is 5.10 Å². The maximum absolute atomic E-state index is 12.8. The molecule has 2 aromatic heterocycles. The molecule has 0 aliphatic heterocycles. The van der Waals surface area contributed by atoms with Crippen molar-refractivity contribution in [2.45, 2.75) is 18.1 Å². The Balaban J connectivity index is 1.96. The summed E-state index contributed by atoms with van der Waals surface area (Å²) in [7, 11) is 0. The monoisotopic (exact) mass is 359 g/mol. The minimum Gasteiger partial charge on any atom is -0.394 e. The summed E-state index contributed by atoms with van der Waals surface area (Å²) < 4.78 is 1.46. The molecular weight excluding hydrogens is 342 g/mol. The number of rotatable bonds is 6. The van der Waals surface area contributed by atoms with Crippen molar-refractivity contribution in [3.05, 3.63) is 46.9 Å². The van der Waals surface area contributed by atoms with Gasteiger partial charge in [-0.25, -0.2) is 4.98 Å². The average molecular weight is 359 g/mol. The molecule has 0 radical (unpaired) electrons. The van der Waals surface area contributed by atoms with Gasteiger partial charge in [0, 0.05) is 6.04 Å². The zero-order valence-corrected chi connectivity index (χ0v) is 14.3. The molecule has 0 aliphatic rings. The van der Waals surface area contributed by atoms with E-state index in [1.807, 2.05) is 18.2 Å². The number of fused-ring (bicyclic) bond motifs is 1. The van der Waals surface area contributed by atoms with Crippen LogP contribution in [0.3, 0.4) is 0 Å². The Hall–Kier alpha value is -2.65. The number of carbonyl (C=O) groups excluding carboxylic acids is 1. The molecule has 8 nitrogen and oxygen atoms in total. The summed E-state index contributed by atoms with van der Waals surface area (Å²) in [5.74, 6) is -0.173. The number of para-hydroxylation sites is 1. The van der Waals surface area contributed by atoms with Gasteiger partial charge in [-0.15, -0.1) is 0 Å². The molecule has 0 saturated heterocycles. The normalized spacial score (nSPS) is 12.2. The smallest absolute Gasteiger partial charge is 0.269 e. The van der Waals surface area contributed by atoms with Crippen molar-refractivity contribution in [1.82, 2.24) is 25.1 Å². The number of aliphatic hydroxyl groups excluding tert-OH is 1. The molecule has 3 N–H and O–H groups in total. The van der Waals surface area contributed by atoms with Crippen LogP contribution in [-0.4, -0.2) is 49.2 Å². The fourth-order valence-corrected chi connectivity index (χ4v) is 3.08. The van der Waals surface area contributed by atoms with E-state index in [9.17, 15) is 9.59 Å². The van der Waals surface area contributed by atoms with Gasteiger partial charge < -0.3 is 10.4 Å². The number of aromatic nitrogens is 4. The molecular formula is C16H17N5O3S. The molecule has 0 fully saturated rings. The van der Waals surface area contributed by atoms with Crippen LogP contribution in [0.5, 0.6) is 0 Å². The molecule has 130 valence electrons. The zero-order valence-electron chi connectivity index (χ0n) is 13.5. The fraction of sp³-hybridized carbons (Fsp3) is 0.250. The molecule has 0 spiro atoms. The lowest BCUT2D eigenvalue weighted by atomic mass is 10.3. The highest BCUT2D eigenvalue weighted by Crippen LogP contribution is 2.20. The third-order valence-electron chi connectivity index (χ3n) is 3.48. The number of hydrogen-bond acceptors (Lipinski definition) is 6. The van der Waals surface area contributed by atoms with E-state index in [-0.39, 0.29) is 29.9 Å². The van der Waals surface area contributed by atoms with Gasteiger partial charge in [-0.3, -0.25) is 19.3 Å². The number of carbonyl (C=O) groups is 1. The first-order valence-corrected chi connectivity index (χ1v) is 8.63. The van der Waals surface area contributed by atoms with E-state index < -0.39 is 0 Å². The second kappa shape index (κ2) is 7.49. The van der Waals surface area contributed by atoms with Crippen LogP contribution in [0.4, 0.5) is 0 Å². The Labute approximate surface area is 147 Å². The number of nitrogens with one attached hydrogen (secondary N) is 2.